The molecule has 1 aromatic heterocycles. The summed E-state index contributed by atoms with van der Waals surface area (Å²) in [5, 5.41) is 8.98. The van der Waals surface area contributed by atoms with E-state index in [0.717, 1.165) is 17.2 Å². The highest BCUT2D eigenvalue weighted by molar-refractivity contribution is 7.92. The summed E-state index contributed by atoms with van der Waals surface area (Å²) in [7, 11) is -3.96. The number of hydrogen-bond acceptors (Lipinski definition) is 5. The Morgan fingerprint density at radius 3 is 2.52 bits per heavy atom. The second-order valence-corrected chi connectivity index (χ2v) is 9.91. The van der Waals surface area contributed by atoms with Gasteiger partial charge in [-0.1, -0.05) is 49.7 Å². The average Bonchev–Trinajstić information content (AvgIpc) is 3.31. The zero-order valence-electron chi connectivity index (χ0n) is 18.1. The first-order valence-corrected chi connectivity index (χ1v) is 12.0. The van der Waals surface area contributed by atoms with Gasteiger partial charge >= 0.3 is 5.97 Å². The fourth-order valence-electron chi connectivity index (χ4n) is 3.04. The number of nitrogens with zero attached hydrogens (tertiary/aromatic N) is 1. The van der Waals surface area contributed by atoms with Gasteiger partial charge in [-0.05, 0) is 47.4 Å². The van der Waals surface area contributed by atoms with Crippen LogP contribution < -0.4 is 9.04 Å². The minimum Gasteiger partial charge on any atom is -0.487 e. The molecule has 1 heterocycles. The number of rotatable bonds is 10. The molecule has 0 aliphatic heterocycles. The van der Waals surface area contributed by atoms with Crippen molar-refractivity contribution in [1.29, 1.82) is 0 Å². The van der Waals surface area contributed by atoms with Gasteiger partial charge in [0.25, 0.3) is 10.0 Å². The predicted molar refractivity (Wildman–Crippen MR) is 127 cm³/mol. The van der Waals surface area contributed by atoms with E-state index >= 15 is 0 Å². The maximum atomic E-state index is 13.3. The standard InChI is InChI=1S/C24H24ClNO6S/c1-17(2)15-26(33(29,30)24-4-3-13-31-24)21-11-10-20(25)14-22(21)32-16-19-7-5-18(6-8-19)9-12-23(27)28/h3-14,17H,15-16H2,1-2H3,(H,27,28). The molecule has 9 heteroatoms. The second-order valence-electron chi connectivity index (χ2n) is 7.68. The van der Waals surface area contributed by atoms with Gasteiger partial charge in [-0.2, -0.15) is 8.42 Å². The van der Waals surface area contributed by atoms with Crippen LogP contribution in [0.3, 0.4) is 0 Å². The quantitative estimate of drug-likeness (QED) is 0.380. The van der Waals surface area contributed by atoms with E-state index in [0.29, 0.717) is 16.5 Å². The number of carboxylic acids is 1. The van der Waals surface area contributed by atoms with E-state index in [1.54, 1.807) is 42.5 Å². The molecule has 0 unspecified atom stereocenters. The predicted octanol–water partition coefficient (Wildman–Crippen LogP) is 5.46. The number of hydrogen-bond donors (Lipinski definition) is 1. The van der Waals surface area contributed by atoms with Crippen LogP contribution in [-0.4, -0.2) is 26.0 Å². The Kier molecular flexibility index (Phi) is 7.84. The average molecular weight is 490 g/mol. The number of halogens is 1. The molecule has 33 heavy (non-hydrogen) atoms. The van der Waals surface area contributed by atoms with Crippen molar-refractivity contribution in [2.45, 2.75) is 25.5 Å². The number of aliphatic carboxylic acids is 1. The molecule has 3 aromatic rings. The van der Waals surface area contributed by atoms with E-state index in [-0.39, 0.29) is 24.2 Å². The van der Waals surface area contributed by atoms with Gasteiger partial charge < -0.3 is 14.3 Å². The summed E-state index contributed by atoms with van der Waals surface area (Å²) in [5.74, 6) is -0.677. The fourth-order valence-corrected chi connectivity index (χ4v) is 4.75. The molecule has 0 aliphatic carbocycles. The number of anilines is 1. The van der Waals surface area contributed by atoms with Crippen molar-refractivity contribution in [2.24, 2.45) is 5.92 Å². The summed E-state index contributed by atoms with van der Waals surface area (Å²) in [5.41, 5.74) is 1.90. The third kappa shape index (κ3) is 6.40. The molecular formula is C24H24ClNO6S. The van der Waals surface area contributed by atoms with E-state index < -0.39 is 16.0 Å². The maximum Gasteiger partial charge on any atom is 0.328 e. The molecule has 0 radical (unpaired) electrons. The molecule has 3 rings (SSSR count). The first-order chi connectivity index (χ1) is 15.7. The summed E-state index contributed by atoms with van der Waals surface area (Å²) in [6.45, 7) is 4.21. The van der Waals surface area contributed by atoms with Gasteiger partial charge in [0.1, 0.15) is 12.4 Å². The zero-order chi connectivity index (χ0) is 24.0. The number of furan rings is 1. The summed E-state index contributed by atoms with van der Waals surface area (Å²) >= 11 is 6.18. The summed E-state index contributed by atoms with van der Waals surface area (Å²) in [4.78, 5) is 10.7. The molecule has 0 bridgehead atoms. The Bertz CT molecular complexity index is 1220. The molecule has 174 valence electrons. The van der Waals surface area contributed by atoms with Crippen LogP contribution in [0.15, 0.2) is 76.4 Å². The van der Waals surface area contributed by atoms with Gasteiger partial charge in [-0.15, -0.1) is 0 Å². The molecule has 0 saturated heterocycles. The largest absolute Gasteiger partial charge is 0.487 e. The minimum atomic E-state index is -3.96. The van der Waals surface area contributed by atoms with E-state index in [9.17, 15) is 13.2 Å². The SMILES string of the molecule is CC(C)CN(c1ccc(Cl)cc1OCc1ccc(C=CC(=O)O)cc1)S(=O)(=O)c1ccco1. The second kappa shape index (κ2) is 10.6. The van der Waals surface area contributed by atoms with Gasteiger partial charge in [0.2, 0.25) is 5.09 Å². The van der Waals surface area contributed by atoms with Gasteiger partial charge in [-0.3, -0.25) is 4.31 Å². The highest BCUT2D eigenvalue weighted by atomic mass is 35.5. The summed E-state index contributed by atoms with van der Waals surface area (Å²) in [6, 6.07) is 14.9. The monoisotopic (exact) mass is 489 g/mol. The number of sulfonamides is 1. The van der Waals surface area contributed by atoms with Crippen molar-refractivity contribution in [1.82, 2.24) is 0 Å². The number of carbonyl (C=O) groups is 1. The van der Waals surface area contributed by atoms with Crippen molar-refractivity contribution in [3.8, 4) is 5.75 Å². The van der Waals surface area contributed by atoms with Crippen molar-refractivity contribution in [2.75, 3.05) is 10.8 Å². The lowest BCUT2D eigenvalue weighted by molar-refractivity contribution is -0.131. The van der Waals surface area contributed by atoms with E-state index in [1.807, 2.05) is 13.8 Å². The van der Waals surface area contributed by atoms with Crippen LogP contribution in [0.1, 0.15) is 25.0 Å². The highest BCUT2D eigenvalue weighted by Crippen LogP contribution is 2.36. The van der Waals surface area contributed by atoms with Crippen molar-refractivity contribution in [3.63, 3.8) is 0 Å². The van der Waals surface area contributed by atoms with E-state index in [1.165, 1.54) is 28.8 Å². The molecule has 0 amide bonds. The number of carboxylic acid groups (broad SMARTS) is 1. The van der Waals surface area contributed by atoms with Crippen LogP contribution in [-0.2, 0) is 21.4 Å². The van der Waals surface area contributed by atoms with Crippen LogP contribution in [0.25, 0.3) is 6.08 Å². The zero-order valence-corrected chi connectivity index (χ0v) is 19.7. The van der Waals surface area contributed by atoms with Gasteiger partial charge in [-0.25, -0.2) is 4.79 Å². The van der Waals surface area contributed by atoms with Crippen LogP contribution in [0.5, 0.6) is 5.75 Å². The molecule has 0 atom stereocenters. The van der Waals surface area contributed by atoms with Crippen molar-refractivity contribution in [3.05, 3.63) is 83.1 Å². The van der Waals surface area contributed by atoms with Gasteiger partial charge in [0.15, 0.2) is 0 Å². The van der Waals surface area contributed by atoms with Crippen molar-refractivity contribution < 1.29 is 27.5 Å². The van der Waals surface area contributed by atoms with Crippen LogP contribution in [0.4, 0.5) is 5.69 Å². The lowest BCUT2D eigenvalue weighted by atomic mass is 10.1. The molecule has 2 aromatic carbocycles. The number of benzene rings is 2. The first-order valence-electron chi connectivity index (χ1n) is 10.2. The Balaban J connectivity index is 1.89. The third-order valence-electron chi connectivity index (χ3n) is 4.55. The molecule has 0 fully saturated rings. The third-order valence-corrected chi connectivity index (χ3v) is 6.46. The fraction of sp³-hybridized carbons (Fsp3) is 0.208. The Hall–Kier alpha value is -3.23. The van der Waals surface area contributed by atoms with Crippen molar-refractivity contribution >= 4 is 39.4 Å². The smallest absolute Gasteiger partial charge is 0.328 e. The minimum absolute atomic E-state index is 0.0321. The molecular weight excluding hydrogens is 466 g/mol. The van der Waals surface area contributed by atoms with Gasteiger partial charge in [0, 0.05) is 23.7 Å². The van der Waals surface area contributed by atoms with Gasteiger partial charge in [0.05, 0.1) is 12.0 Å². The molecule has 0 saturated carbocycles. The summed E-state index contributed by atoms with van der Waals surface area (Å²) in [6.07, 6.45) is 3.87. The van der Waals surface area contributed by atoms with Crippen LogP contribution >= 0.6 is 11.6 Å². The van der Waals surface area contributed by atoms with Crippen LogP contribution in [0, 0.1) is 5.92 Å². The number of ether oxygens (including phenoxy) is 1. The lowest BCUT2D eigenvalue weighted by Crippen LogP contribution is -2.34. The molecule has 0 spiro atoms. The molecule has 1 N–H and O–H groups in total. The molecule has 0 aliphatic rings. The normalized spacial score (nSPS) is 11.8. The Morgan fingerprint density at radius 1 is 1.18 bits per heavy atom. The van der Waals surface area contributed by atoms with E-state index in [4.69, 9.17) is 25.9 Å². The summed E-state index contributed by atoms with van der Waals surface area (Å²) < 4.78 is 39.0. The first kappa shape index (κ1) is 24.4. The Labute approximate surface area is 197 Å². The lowest BCUT2D eigenvalue weighted by Gasteiger charge is -2.27. The topological polar surface area (TPSA) is 97.0 Å². The molecule has 7 nitrogen and oxygen atoms in total. The van der Waals surface area contributed by atoms with E-state index in [2.05, 4.69) is 0 Å². The maximum absolute atomic E-state index is 13.3. The van der Waals surface area contributed by atoms with Crippen LogP contribution in [0.2, 0.25) is 5.02 Å². The highest BCUT2D eigenvalue weighted by Gasteiger charge is 2.30. The Morgan fingerprint density at radius 2 is 1.91 bits per heavy atom.